The van der Waals surface area contributed by atoms with E-state index in [4.69, 9.17) is 0 Å². The van der Waals surface area contributed by atoms with Crippen LogP contribution in [0.25, 0.3) is 0 Å². The molecule has 2 amide bonds. The van der Waals surface area contributed by atoms with E-state index in [-0.39, 0.29) is 17.7 Å². The Balaban J connectivity index is 1.68. The van der Waals surface area contributed by atoms with E-state index in [1.54, 1.807) is 0 Å². The van der Waals surface area contributed by atoms with Crippen LogP contribution >= 0.6 is 0 Å². The van der Waals surface area contributed by atoms with Crippen molar-refractivity contribution in [3.05, 3.63) is 0 Å². The zero-order valence-corrected chi connectivity index (χ0v) is 15.0. The maximum absolute atomic E-state index is 12.6. The number of nitrogens with one attached hydrogen (secondary N) is 1. The molecule has 0 aromatic heterocycles. The van der Waals surface area contributed by atoms with Crippen LogP contribution in [-0.2, 0) is 9.59 Å². The summed E-state index contributed by atoms with van der Waals surface area (Å²) in [6.07, 6.45) is 9.23. The largest absolute Gasteiger partial charge is 0.356 e. The van der Waals surface area contributed by atoms with Crippen LogP contribution in [0.2, 0.25) is 0 Å². The fraction of sp³-hybridized carbons (Fsp3) is 0.895. The molecule has 0 atom stereocenters. The first kappa shape index (κ1) is 18.3. The quantitative estimate of drug-likeness (QED) is 0.762. The zero-order chi connectivity index (χ0) is 16.7. The minimum atomic E-state index is 0.127. The second-order valence-corrected chi connectivity index (χ2v) is 7.55. The molecule has 0 unspecified atom stereocenters. The highest BCUT2D eigenvalue weighted by Crippen LogP contribution is 2.31. The van der Waals surface area contributed by atoms with Gasteiger partial charge in [0.05, 0.1) is 0 Å². The van der Waals surface area contributed by atoms with Crippen LogP contribution in [-0.4, -0.2) is 36.3 Å². The monoisotopic (exact) mass is 322 g/mol. The van der Waals surface area contributed by atoms with Crippen molar-refractivity contribution >= 4 is 11.8 Å². The first-order valence-electron chi connectivity index (χ1n) is 9.68. The maximum Gasteiger partial charge on any atom is 0.225 e. The van der Waals surface area contributed by atoms with E-state index < -0.39 is 0 Å². The average Bonchev–Trinajstić information content (AvgIpc) is 2.59. The van der Waals surface area contributed by atoms with Crippen molar-refractivity contribution in [3.63, 3.8) is 0 Å². The predicted molar refractivity (Wildman–Crippen MR) is 93.0 cm³/mol. The molecule has 1 aliphatic carbocycles. The van der Waals surface area contributed by atoms with Gasteiger partial charge in [-0.05, 0) is 50.9 Å². The van der Waals surface area contributed by atoms with Crippen molar-refractivity contribution in [3.8, 4) is 0 Å². The first-order chi connectivity index (χ1) is 11.1. The number of hydrogen-bond acceptors (Lipinski definition) is 2. The highest BCUT2D eigenvalue weighted by molar-refractivity contribution is 5.81. The fourth-order valence-corrected chi connectivity index (χ4v) is 3.82. The Bertz CT molecular complexity index is 381. The smallest absolute Gasteiger partial charge is 0.225 e. The van der Waals surface area contributed by atoms with Gasteiger partial charge < -0.3 is 10.2 Å². The third kappa shape index (κ3) is 5.50. The van der Waals surface area contributed by atoms with Gasteiger partial charge >= 0.3 is 0 Å². The summed E-state index contributed by atoms with van der Waals surface area (Å²) in [6, 6.07) is 0. The van der Waals surface area contributed by atoms with Crippen molar-refractivity contribution in [2.75, 3.05) is 19.6 Å². The standard InChI is InChI=1S/C19H34N2O2/c1-3-4-5-12-20-18(22)16-6-8-17(9-7-16)19(23)21-13-10-15(2)11-14-21/h15-17H,3-14H2,1-2H3,(H,20,22). The lowest BCUT2D eigenvalue weighted by molar-refractivity contribution is -0.139. The van der Waals surface area contributed by atoms with Crippen molar-refractivity contribution in [2.45, 2.75) is 71.6 Å². The van der Waals surface area contributed by atoms with Crippen molar-refractivity contribution < 1.29 is 9.59 Å². The molecule has 0 aromatic rings. The number of piperidine rings is 1. The molecular weight excluding hydrogens is 288 g/mol. The van der Waals surface area contributed by atoms with Gasteiger partial charge in [-0.15, -0.1) is 0 Å². The molecule has 2 rings (SSSR count). The topological polar surface area (TPSA) is 49.4 Å². The van der Waals surface area contributed by atoms with E-state index in [2.05, 4.69) is 24.1 Å². The van der Waals surface area contributed by atoms with Crippen molar-refractivity contribution in [2.24, 2.45) is 17.8 Å². The molecule has 4 heteroatoms. The van der Waals surface area contributed by atoms with Gasteiger partial charge in [-0.25, -0.2) is 0 Å². The van der Waals surface area contributed by atoms with Gasteiger partial charge in [0, 0.05) is 31.5 Å². The summed E-state index contributed by atoms with van der Waals surface area (Å²) < 4.78 is 0. The average molecular weight is 322 g/mol. The number of amides is 2. The molecule has 2 fully saturated rings. The normalized spacial score (nSPS) is 26.1. The number of carbonyl (C=O) groups is 2. The molecular formula is C19H34N2O2. The summed E-state index contributed by atoms with van der Waals surface area (Å²) in [6.45, 7) is 7.10. The Morgan fingerprint density at radius 3 is 2.17 bits per heavy atom. The predicted octanol–water partition coefficient (Wildman–Crippen LogP) is 3.36. The zero-order valence-electron chi connectivity index (χ0n) is 15.0. The Labute approximate surface area is 141 Å². The number of rotatable bonds is 6. The van der Waals surface area contributed by atoms with E-state index in [0.29, 0.717) is 5.91 Å². The highest BCUT2D eigenvalue weighted by atomic mass is 16.2. The molecule has 4 nitrogen and oxygen atoms in total. The van der Waals surface area contributed by atoms with E-state index in [1.165, 1.54) is 12.8 Å². The van der Waals surface area contributed by atoms with E-state index >= 15 is 0 Å². The van der Waals surface area contributed by atoms with E-state index in [0.717, 1.165) is 70.5 Å². The second-order valence-electron chi connectivity index (χ2n) is 7.55. The van der Waals surface area contributed by atoms with Crippen molar-refractivity contribution in [1.29, 1.82) is 0 Å². The molecule has 0 radical (unpaired) electrons. The summed E-state index contributed by atoms with van der Waals surface area (Å²) in [5.41, 5.74) is 0. The molecule has 0 spiro atoms. The lowest BCUT2D eigenvalue weighted by Gasteiger charge is -2.35. The van der Waals surface area contributed by atoms with Crippen molar-refractivity contribution in [1.82, 2.24) is 10.2 Å². The van der Waals surface area contributed by atoms with Gasteiger partial charge in [0.1, 0.15) is 0 Å². The highest BCUT2D eigenvalue weighted by Gasteiger charge is 2.32. The second kappa shape index (κ2) is 9.29. The van der Waals surface area contributed by atoms with Gasteiger partial charge in [0.2, 0.25) is 11.8 Å². The van der Waals surface area contributed by atoms with Crippen LogP contribution in [0.15, 0.2) is 0 Å². The summed E-state index contributed by atoms with van der Waals surface area (Å²) in [4.78, 5) is 26.8. The maximum atomic E-state index is 12.6. The number of likely N-dealkylation sites (tertiary alicyclic amines) is 1. The molecule has 2 aliphatic rings. The lowest BCUT2D eigenvalue weighted by Crippen LogP contribution is -2.43. The van der Waals surface area contributed by atoms with Crippen LogP contribution in [0.4, 0.5) is 0 Å². The molecule has 1 heterocycles. The SMILES string of the molecule is CCCCCNC(=O)C1CCC(C(=O)N2CCC(C)CC2)CC1. The molecule has 1 aliphatic heterocycles. The van der Waals surface area contributed by atoms with Crippen LogP contribution in [0.5, 0.6) is 0 Å². The van der Waals surface area contributed by atoms with Crippen LogP contribution in [0.3, 0.4) is 0 Å². The van der Waals surface area contributed by atoms with E-state index in [9.17, 15) is 9.59 Å². The number of unbranched alkanes of at least 4 members (excludes halogenated alkanes) is 2. The summed E-state index contributed by atoms with van der Waals surface area (Å²) in [5, 5.41) is 3.07. The molecule has 0 bridgehead atoms. The fourth-order valence-electron chi connectivity index (χ4n) is 3.82. The molecule has 1 saturated heterocycles. The van der Waals surface area contributed by atoms with E-state index in [1.807, 2.05) is 0 Å². The first-order valence-corrected chi connectivity index (χ1v) is 9.68. The van der Waals surface area contributed by atoms with Gasteiger partial charge in [0.15, 0.2) is 0 Å². The van der Waals surface area contributed by atoms with Gasteiger partial charge in [0.25, 0.3) is 0 Å². The third-order valence-corrected chi connectivity index (χ3v) is 5.62. The molecule has 1 saturated carbocycles. The van der Waals surface area contributed by atoms with Crippen LogP contribution in [0.1, 0.15) is 71.6 Å². The number of hydrogen-bond donors (Lipinski definition) is 1. The van der Waals surface area contributed by atoms with Crippen LogP contribution in [0, 0.1) is 17.8 Å². The molecule has 23 heavy (non-hydrogen) atoms. The minimum absolute atomic E-state index is 0.127. The Morgan fingerprint density at radius 1 is 0.957 bits per heavy atom. The minimum Gasteiger partial charge on any atom is -0.356 e. The third-order valence-electron chi connectivity index (χ3n) is 5.62. The summed E-state index contributed by atoms with van der Waals surface area (Å²) in [7, 11) is 0. The number of carbonyl (C=O) groups excluding carboxylic acids is 2. The Kier molecular flexibility index (Phi) is 7.38. The molecule has 132 valence electrons. The van der Waals surface area contributed by atoms with Crippen LogP contribution < -0.4 is 5.32 Å². The lowest BCUT2D eigenvalue weighted by atomic mass is 9.80. The van der Waals surface area contributed by atoms with Gasteiger partial charge in [-0.1, -0.05) is 26.7 Å². The number of nitrogens with zero attached hydrogens (tertiary/aromatic N) is 1. The summed E-state index contributed by atoms with van der Waals surface area (Å²) >= 11 is 0. The Morgan fingerprint density at radius 2 is 1.57 bits per heavy atom. The van der Waals surface area contributed by atoms with Gasteiger partial charge in [-0.3, -0.25) is 9.59 Å². The summed E-state index contributed by atoms with van der Waals surface area (Å²) in [5.74, 6) is 1.60. The Hall–Kier alpha value is -1.06. The molecule has 1 N–H and O–H groups in total. The molecule has 0 aromatic carbocycles. The van der Waals surface area contributed by atoms with Gasteiger partial charge in [-0.2, -0.15) is 0 Å².